The van der Waals surface area contributed by atoms with Crippen molar-refractivity contribution in [3.8, 4) is 0 Å². The maximum absolute atomic E-state index is 12.8. The molecule has 2 aromatic carbocycles. The Morgan fingerprint density at radius 1 is 0.895 bits per heavy atom. The van der Waals surface area contributed by atoms with Crippen molar-refractivity contribution in [3.63, 3.8) is 0 Å². The van der Waals surface area contributed by atoms with Crippen molar-refractivity contribution in [2.24, 2.45) is 0 Å². The van der Waals surface area contributed by atoms with Crippen molar-refractivity contribution in [1.29, 1.82) is 0 Å². The minimum atomic E-state index is -0.322. The van der Waals surface area contributed by atoms with Gasteiger partial charge in [-0.15, -0.1) is 0 Å². The Kier molecular flexibility index (Phi) is 3.16. The highest BCUT2D eigenvalue weighted by Crippen LogP contribution is 2.36. The van der Waals surface area contributed by atoms with Crippen molar-refractivity contribution in [3.05, 3.63) is 71.0 Å². The second kappa shape index (κ2) is 4.96. The van der Waals surface area contributed by atoms with Gasteiger partial charge in [-0.25, -0.2) is 4.39 Å². The van der Waals surface area contributed by atoms with Gasteiger partial charge < -0.3 is 0 Å². The van der Waals surface area contributed by atoms with Crippen LogP contribution in [0.25, 0.3) is 0 Å². The second-order valence-corrected chi connectivity index (χ2v) is 5.09. The van der Waals surface area contributed by atoms with Crippen molar-refractivity contribution in [1.82, 2.24) is 0 Å². The van der Waals surface area contributed by atoms with Crippen molar-refractivity contribution in [2.75, 3.05) is 0 Å². The van der Waals surface area contributed by atoms with Gasteiger partial charge in [-0.2, -0.15) is 0 Å². The Morgan fingerprint density at radius 2 is 1.42 bits per heavy atom. The fraction of sp³-hybridized carbons (Fsp3) is 0.235. The van der Waals surface area contributed by atoms with E-state index in [0.717, 1.165) is 0 Å². The molecule has 0 unspecified atom stereocenters. The van der Waals surface area contributed by atoms with Gasteiger partial charge in [0.05, 0.1) is 0 Å². The maximum atomic E-state index is 12.8. The number of ketones is 1. The van der Waals surface area contributed by atoms with Crippen LogP contribution in [0.2, 0.25) is 0 Å². The summed E-state index contributed by atoms with van der Waals surface area (Å²) < 4.78 is 12.8. The van der Waals surface area contributed by atoms with E-state index in [4.69, 9.17) is 0 Å². The summed E-state index contributed by atoms with van der Waals surface area (Å²) in [5, 5.41) is 0. The molecule has 1 fully saturated rings. The molecule has 0 N–H and O–H groups in total. The summed E-state index contributed by atoms with van der Waals surface area (Å²) in [5.74, 6) is 0.298. The average molecular weight is 254 g/mol. The topological polar surface area (TPSA) is 17.1 Å². The van der Waals surface area contributed by atoms with Crippen LogP contribution < -0.4 is 0 Å². The smallest absolute Gasteiger partial charge is 0.193 e. The number of halogens is 1. The molecule has 19 heavy (non-hydrogen) atoms. The summed E-state index contributed by atoms with van der Waals surface area (Å²) >= 11 is 0. The van der Waals surface area contributed by atoms with Crippen LogP contribution >= 0.6 is 0 Å². The van der Waals surface area contributed by atoms with Crippen LogP contribution in [0, 0.1) is 5.82 Å². The normalized spacial score (nSPS) is 15.0. The fourth-order valence-electron chi connectivity index (χ4n) is 2.42. The van der Waals surface area contributed by atoms with E-state index >= 15 is 0 Å². The zero-order chi connectivity index (χ0) is 13.2. The van der Waals surface area contributed by atoms with Crippen molar-refractivity contribution >= 4 is 5.78 Å². The summed E-state index contributed by atoms with van der Waals surface area (Å²) in [6, 6.07) is 13.5. The van der Waals surface area contributed by atoms with Gasteiger partial charge in [-0.05, 0) is 48.6 Å². The van der Waals surface area contributed by atoms with Crippen LogP contribution in [-0.2, 0) is 0 Å². The molecule has 0 atom stereocenters. The Labute approximate surface area is 112 Å². The molecule has 0 amide bonds. The standard InChI is InChI=1S/C17H15FO/c18-16-10-8-15(9-11-16)17(19)14-6-4-13(5-7-14)12-2-1-3-12/h4-12H,1-3H2. The van der Waals surface area contributed by atoms with Gasteiger partial charge in [0, 0.05) is 11.1 Å². The monoisotopic (exact) mass is 254 g/mol. The first-order valence-electron chi connectivity index (χ1n) is 6.64. The van der Waals surface area contributed by atoms with E-state index in [1.54, 1.807) is 0 Å². The largest absolute Gasteiger partial charge is 0.289 e. The first-order chi connectivity index (χ1) is 9.24. The number of hydrogen-bond acceptors (Lipinski definition) is 1. The third-order valence-corrected chi connectivity index (χ3v) is 3.86. The lowest BCUT2D eigenvalue weighted by Crippen LogP contribution is -2.09. The SMILES string of the molecule is O=C(c1ccc(F)cc1)c1ccc(C2CCC2)cc1. The summed E-state index contributed by atoms with van der Waals surface area (Å²) in [5.41, 5.74) is 2.51. The summed E-state index contributed by atoms with van der Waals surface area (Å²) in [6.07, 6.45) is 3.82. The van der Waals surface area contributed by atoms with E-state index in [2.05, 4.69) is 0 Å². The maximum Gasteiger partial charge on any atom is 0.193 e. The lowest BCUT2D eigenvalue weighted by Gasteiger charge is -2.25. The molecule has 0 heterocycles. The van der Waals surface area contributed by atoms with E-state index in [9.17, 15) is 9.18 Å². The molecule has 0 radical (unpaired) electrons. The molecule has 0 spiro atoms. The lowest BCUT2D eigenvalue weighted by molar-refractivity contribution is 0.103. The molecule has 2 aromatic rings. The number of hydrogen-bond donors (Lipinski definition) is 0. The molecule has 3 rings (SSSR count). The van der Waals surface area contributed by atoms with Crippen LogP contribution in [0.5, 0.6) is 0 Å². The fourth-order valence-corrected chi connectivity index (χ4v) is 2.42. The van der Waals surface area contributed by atoms with Crippen LogP contribution in [0.4, 0.5) is 4.39 Å². The quantitative estimate of drug-likeness (QED) is 0.745. The molecule has 1 saturated carbocycles. The summed E-state index contributed by atoms with van der Waals surface area (Å²) in [7, 11) is 0. The minimum absolute atomic E-state index is 0.0554. The molecule has 1 nitrogen and oxygen atoms in total. The predicted molar refractivity (Wildman–Crippen MR) is 72.9 cm³/mol. The molecule has 0 saturated heterocycles. The zero-order valence-corrected chi connectivity index (χ0v) is 10.6. The molecule has 2 heteroatoms. The number of carbonyl (C=O) groups is 1. The first kappa shape index (κ1) is 12.1. The van der Waals surface area contributed by atoms with Crippen LogP contribution in [0.15, 0.2) is 48.5 Å². The number of rotatable bonds is 3. The molecule has 0 bridgehead atoms. The lowest BCUT2D eigenvalue weighted by atomic mass is 9.80. The van der Waals surface area contributed by atoms with Gasteiger partial charge in [-0.3, -0.25) is 4.79 Å². The molecule has 0 aromatic heterocycles. The van der Waals surface area contributed by atoms with Crippen LogP contribution in [0.3, 0.4) is 0 Å². The Hall–Kier alpha value is -1.96. The third kappa shape index (κ3) is 2.43. The van der Waals surface area contributed by atoms with Gasteiger partial charge in [-0.1, -0.05) is 30.7 Å². The molecular weight excluding hydrogens is 239 g/mol. The van der Waals surface area contributed by atoms with E-state index < -0.39 is 0 Å². The minimum Gasteiger partial charge on any atom is -0.289 e. The van der Waals surface area contributed by atoms with Gasteiger partial charge in [0.1, 0.15) is 5.82 Å². The molecule has 1 aliphatic rings. The Balaban J connectivity index is 1.81. The molecule has 96 valence electrons. The van der Waals surface area contributed by atoms with Crippen LogP contribution in [-0.4, -0.2) is 5.78 Å². The van der Waals surface area contributed by atoms with E-state index in [1.807, 2.05) is 24.3 Å². The zero-order valence-electron chi connectivity index (χ0n) is 10.6. The summed E-state index contributed by atoms with van der Waals surface area (Å²) in [6.45, 7) is 0. The highest BCUT2D eigenvalue weighted by molar-refractivity contribution is 6.08. The highest BCUT2D eigenvalue weighted by atomic mass is 19.1. The Bertz CT molecular complexity index is 580. The third-order valence-electron chi connectivity index (χ3n) is 3.86. The molecular formula is C17H15FO. The molecule has 1 aliphatic carbocycles. The van der Waals surface area contributed by atoms with Crippen molar-refractivity contribution < 1.29 is 9.18 Å². The van der Waals surface area contributed by atoms with E-state index in [-0.39, 0.29) is 11.6 Å². The first-order valence-corrected chi connectivity index (χ1v) is 6.64. The van der Waals surface area contributed by atoms with Crippen molar-refractivity contribution in [2.45, 2.75) is 25.2 Å². The Morgan fingerprint density at radius 3 is 1.89 bits per heavy atom. The molecule has 0 aliphatic heterocycles. The number of carbonyl (C=O) groups excluding carboxylic acids is 1. The predicted octanol–water partition coefficient (Wildman–Crippen LogP) is 4.32. The summed E-state index contributed by atoms with van der Waals surface area (Å²) in [4.78, 5) is 12.2. The van der Waals surface area contributed by atoms with E-state index in [1.165, 1.54) is 49.1 Å². The van der Waals surface area contributed by atoms with Gasteiger partial charge in [0.2, 0.25) is 0 Å². The number of benzene rings is 2. The highest BCUT2D eigenvalue weighted by Gasteiger charge is 2.19. The average Bonchev–Trinajstić information content (AvgIpc) is 2.38. The van der Waals surface area contributed by atoms with Gasteiger partial charge >= 0.3 is 0 Å². The second-order valence-electron chi connectivity index (χ2n) is 5.09. The van der Waals surface area contributed by atoms with Gasteiger partial charge in [0.25, 0.3) is 0 Å². The van der Waals surface area contributed by atoms with Crippen LogP contribution in [0.1, 0.15) is 46.7 Å². The van der Waals surface area contributed by atoms with E-state index in [0.29, 0.717) is 17.0 Å². The van der Waals surface area contributed by atoms with Gasteiger partial charge in [0.15, 0.2) is 5.78 Å².